The average Bonchev–Trinajstić information content (AvgIpc) is 3.49. The molecule has 0 bridgehead atoms. The standard InChI is InChI=1S/C22H16N4O3/c1-26-10-9-14-7-8-16(13-18(14)26)15-4-2-5-17(12-15)20(27)23-22-25-24-21(29-22)19-6-3-11-28-19/h2-13H,1H3,(H,23,25,27). The first-order valence-electron chi connectivity index (χ1n) is 9.02. The van der Waals surface area contributed by atoms with Crippen LogP contribution in [0.4, 0.5) is 6.01 Å². The van der Waals surface area contributed by atoms with E-state index in [0.717, 1.165) is 16.6 Å². The summed E-state index contributed by atoms with van der Waals surface area (Å²) in [6, 6.07) is 19.1. The van der Waals surface area contributed by atoms with Crippen molar-refractivity contribution in [3.63, 3.8) is 0 Å². The number of hydrogen-bond donors (Lipinski definition) is 1. The third kappa shape index (κ3) is 3.19. The van der Waals surface area contributed by atoms with Gasteiger partial charge in [-0.05, 0) is 52.9 Å². The van der Waals surface area contributed by atoms with Gasteiger partial charge in [-0.1, -0.05) is 29.4 Å². The fraction of sp³-hybridized carbons (Fsp3) is 0.0455. The highest BCUT2D eigenvalue weighted by Gasteiger charge is 2.15. The Hall–Kier alpha value is -4.13. The van der Waals surface area contributed by atoms with Crippen molar-refractivity contribution in [2.45, 2.75) is 0 Å². The smallest absolute Gasteiger partial charge is 0.322 e. The number of rotatable bonds is 4. The third-order valence-electron chi connectivity index (χ3n) is 4.72. The number of amides is 1. The first kappa shape index (κ1) is 17.0. The number of fused-ring (bicyclic) bond motifs is 1. The first-order chi connectivity index (χ1) is 14.2. The molecule has 3 aromatic heterocycles. The van der Waals surface area contributed by atoms with Crippen LogP contribution in [0.15, 0.2) is 82.0 Å². The highest BCUT2D eigenvalue weighted by molar-refractivity contribution is 6.04. The Morgan fingerprint density at radius 3 is 2.76 bits per heavy atom. The van der Waals surface area contributed by atoms with Crippen molar-refractivity contribution in [3.05, 3.63) is 78.7 Å². The molecule has 2 aromatic carbocycles. The molecule has 0 radical (unpaired) electrons. The second kappa shape index (κ2) is 6.79. The second-order valence-corrected chi connectivity index (χ2v) is 6.62. The van der Waals surface area contributed by atoms with E-state index < -0.39 is 0 Å². The normalized spacial score (nSPS) is 11.1. The number of nitrogens with one attached hydrogen (secondary N) is 1. The lowest BCUT2D eigenvalue weighted by Gasteiger charge is -2.06. The second-order valence-electron chi connectivity index (χ2n) is 6.62. The van der Waals surface area contributed by atoms with Crippen molar-refractivity contribution in [1.82, 2.24) is 14.8 Å². The van der Waals surface area contributed by atoms with Crippen LogP contribution < -0.4 is 5.32 Å². The van der Waals surface area contributed by atoms with Crippen molar-refractivity contribution in [1.29, 1.82) is 0 Å². The van der Waals surface area contributed by atoms with E-state index in [4.69, 9.17) is 8.83 Å². The first-order valence-corrected chi connectivity index (χ1v) is 9.02. The molecule has 0 aliphatic heterocycles. The largest absolute Gasteiger partial charge is 0.459 e. The van der Waals surface area contributed by atoms with E-state index in [2.05, 4.69) is 38.3 Å². The number of carbonyl (C=O) groups excluding carboxylic acids is 1. The number of hydrogen-bond acceptors (Lipinski definition) is 5. The zero-order chi connectivity index (χ0) is 19.8. The predicted octanol–water partition coefficient (Wildman–Crippen LogP) is 4.74. The van der Waals surface area contributed by atoms with Crippen LogP contribution in [0, 0.1) is 0 Å². The summed E-state index contributed by atoms with van der Waals surface area (Å²) in [7, 11) is 2.01. The zero-order valence-electron chi connectivity index (χ0n) is 15.5. The number of nitrogens with zero attached hydrogens (tertiary/aromatic N) is 3. The van der Waals surface area contributed by atoms with Gasteiger partial charge in [0, 0.05) is 24.3 Å². The monoisotopic (exact) mass is 384 g/mol. The van der Waals surface area contributed by atoms with Crippen molar-refractivity contribution >= 4 is 22.8 Å². The molecule has 0 aliphatic carbocycles. The van der Waals surface area contributed by atoms with Crippen molar-refractivity contribution in [2.75, 3.05) is 5.32 Å². The van der Waals surface area contributed by atoms with Crippen LogP contribution in [0.1, 0.15) is 10.4 Å². The third-order valence-corrected chi connectivity index (χ3v) is 4.72. The van der Waals surface area contributed by atoms with Crippen molar-refractivity contribution in [3.8, 4) is 22.8 Å². The number of anilines is 1. The minimum atomic E-state index is -0.332. The van der Waals surface area contributed by atoms with E-state index in [1.165, 1.54) is 11.6 Å². The lowest BCUT2D eigenvalue weighted by atomic mass is 10.0. The molecule has 142 valence electrons. The van der Waals surface area contributed by atoms with E-state index in [1.807, 2.05) is 37.5 Å². The molecule has 3 heterocycles. The van der Waals surface area contributed by atoms with Gasteiger partial charge in [0.2, 0.25) is 0 Å². The van der Waals surface area contributed by atoms with Gasteiger partial charge in [0.15, 0.2) is 5.76 Å². The molecule has 1 N–H and O–H groups in total. The van der Waals surface area contributed by atoms with Gasteiger partial charge in [-0.15, -0.1) is 5.10 Å². The molecule has 5 rings (SSSR count). The number of aromatic nitrogens is 3. The molecule has 7 heteroatoms. The summed E-state index contributed by atoms with van der Waals surface area (Å²) in [5, 5.41) is 11.5. The average molecular weight is 384 g/mol. The SMILES string of the molecule is Cn1ccc2ccc(-c3cccc(C(=O)Nc4nnc(-c5ccco5)o4)c3)cc21. The quantitative estimate of drug-likeness (QED) is 0.484. The molecule has 7 nitrogen and oxygen atoms in total. The topological polar surface area (TPSA) is 86.1 Å². The van der Waals surface area contributed by atoms with Gasteiger partial charge >= 0.3 is 6.01 Å². The fourth-order valence-electron chi connectivity index (χ4n) is 3.22. The van der Waals surface area contributed by atoms with Gasteiger partial charge < -0.3 is 13.4 Å². The van der Waals surface area contributed by atoms with Crippen LogP contribution >= 0.6 is 0 Å². The summed E-state index contributed by atoms with van der Waals surface area (Å²) in [5.41, 5.74) is 3.61. The van der Waals surface area contributed by atoms with Gasteiger partial charge in [-0.25, -0.2) is 0 Å². The number of aryl methyl sites for hydroxylation is 1. The van der Waals surface area contributed by atoms with Gasteiger partial charge in [0.25, 0.3) is 11.8 Å². The molecule has 1 amide bonds. The van der Waals surface area contributed by atoms with Crippen molar-refractivity contribution < 1.29 is 13.6 Å². The van der Waals surface area contributed by atoms with Crippen LogP contribution in [-0.2, 0) is 7.05 Å². The molecule has 29 heavy (non-hydrogen) atoms. The Morgan fingerprint density at radius 2 is 1.90 bits per heavy atom. The molecule has 0 unspecified atom stereocenters. The van der Waals surface area contributed by atoms with E-state index in [-0.39, 0.29) is 17.8 Å². The Balaban J connectivity index is 1.40. The van der Waals surface area contributed by atoms with E-state index in [0.29, 0.717) is 11.3 Å². The molecule has 0 saturated heterocycles. The van der Waals surface area contributed by atoms with Crippen LogP contribution in [0.25, 0.3) is 33.7 Å². The van der Waals surface area contributed by atoms with Crippen LogP contribution in [0.2, 0.25) is 0 Å². The Labute approximate surface area is 165 Å². The van der Waals surface area contributed by atoms with E-state index >= 15 is 0 Å². The summed E-state index contributed by atoms with van der Waals surface area (Å²) >= 11 is 0. The summed E-state index contributed by atoms with van der Waals surface area (Å²) in [6.45, 7) is 0. The summed E-state index contributed by atoms with van der Waals surface area (Å²) in [4.78, 5) is 12.7. The maximum atomic E-state index is 12.7. The minimum absolute atomic E-state index is 0.0111. The minimum Gasteiger partial charge on any atom is -0.459 e. The fourth-order valence-corrected chi connectivity index (χ4v) is 3.22. The maximum Gasteiger partial charge on any atom is 0.322 e. The lowest BCUT2D eigenvalue weighted by Crippen LogP contribution is -2.12. The van der Waals surface area contributed by atoms with Gasteiger partial charge in [-0.3, -0.25) is 10.1 Å². The summed E-state index contributed by atoms with van der Waals surface area (Å²) in [5.74, 6) is 0.312. The van der Waals surface area contributed by atoms with Crippen LogP contribution in [-0.4, -0.2) is 20.7 Å². The summed E-state index contributed by atoms with van der Waals surface area (Å²) in [6.07, 6.45) is 3.54. The molecular formula is C22H16N4O3. The molecule has 0 spiro atoms. The molecule has 0 aliphatic rings. The van der Waals surface area contributed by atoms with E-state index in [1.54, 1.807) is 18.2 Å². The van der Waals surface area contributed by atoms with Crippen LogP contribution in [0.3, 0.4) is 0 Å². The molecule has 5 aromatic rings. The number of carbonyl (C=O) groups is 1. The van der Waals surface area contributed by atoms with Gasteiger partial charge in [0.05, 0.1) is 6.26 Å². The summed E-state index contributed by atoms with van der Waals surface area (Å²) < 4.78 is 12.7. The Kier molecular flexibility index (Phi) is 3.98. The highest BCUT2D eigenvalue weighted by atomic mass is 16.4. The zero-order valence-corrected chi connectivity index (χ0v) is 15.5. The molecular weight excluding hydrogens is 368 g/mol. The highest BCUT2D eigenvalue weighted by Crippen LogP contribution is 2.26. The Morgan fingerprint density at radius 1 is 1.00 bits per heavy atom. The number of benzene rings is 2. The molecule has 0 saturated carbocycles. The predicted molar refractivity (Wildman–Crippen MR) is 108 cm³/mol. The molecule has 0 fully saturated rings. The van der Waals surface area contributed by atoms with Gasteiger partial charge in [-0.2, -0.15) is 0 Å². The van der Waals surface area contributed by atoms with E-state index in [9.17, 15) is 4.79 Å². The Bertz CT molecular complexity index is 1320. The van der Waals surface area contributed by atoms with Crippen molar-refractivity contribution in [2.24, 2.45) is 7.05 Å². The lowest BCUT2D eigenvalue weighted by molar-refractivity contribution is 0.102. The number of furan rings is 1. The van der Waals surface area contributed by atoms with Crippen LogP contribution in [0.5, 0.6) is 0 Å². The molecule has 0 atom stereocenters. The van der Waals surface area contributed by atoms with Gasteiger partial charge in [0.1, 0.15) is 0 Å². The maximum absolute atomic E-state index is 12.7.